The molecule has 0 fully saturated rings. The van der Waals surface area contributed by atoms with Crippen LogP contribution in [0, 0.1) is 0 Å². The van der Waals surface area contributed by atoms with Crippen molar-refractivity contribution in [1.82, 2.24) is 5.32 Å². The van der Waals surface area contributed by atoms with Crippen molar-refractivity contribution in [2.45, 2.75) is 6.18 Å². The number of benzene rings is 2. The number of thiocarbonyl (C=S) groups is 1. The van der Waals surface area contributed by atoms with E-state index in [1.807, 2.05) is 0 Å². The molecule has 2 rings (SSSR count). The normalized spacial score (nSPS) is 11.3. The van der Waals surface area contributed by atoms with Gasteiger partial charge in [-0.15, -0.1) is 0 Å². The van der Waals surface area contributed by atoms with Crippen molar-refractivity contribution >= 4 is 46.6 Å². The van der Waals surface area contributed by atoms with Crippen molar-refractivity contribution in [3.8, 4) is 5.75 Å². The zero-order valence-electron chi connectivity index (χ0n) is 13.9. The first-order chi connectivity index (χ1) is 12.7. The molecular formula is C18H14ClF3N2O2S. The van der Waals surface area contributed by atoms with Crippen molar-refractivity contribution in [3.05, 3.63) is 64.7 Å². The molecule has 0 radical (unpaired) electrons. The molecule has 0 atom stereocenters. The Balaban J connectivity index is 1.94. The van der Waals surface area contributed by atoms with E-state index in [0.717, 1.165) is 23.8 Å². The van der Waals surface area contributed by atoms with E-state index in [9.17, 15) is 18.0 Å². The maximum absolute atomic E-state index is 12.6. The molecule has 0 spiro atoms. The summed E-state index contributed by atoms with van der Waals surface area (Å²) in [5, 5.41) is 4.70. The minimum atomic E-state index is -4.50. The van der Waals surface area contributed by atoms with Crippen LogP contribution in [0.3, 0.4) is 0 Å². The van der Waals surface area contributed by atoms with Gasteiger partial charge in [-0.3, -0.25) is 10.1 Å². The smallest absolute Gasteiger partial charge is 0.416 e. The maximum atomic E-state index is 12.6. The third-order valence-corrected chi connectivity index (χ3v) is 3.84. The number of nitrogens with one attached hydrogen (secondary N) is 2. The van der Waals surface area contributed by atoms with E-state index in [2.05, 4.69) is 10.6 Å². The standard InChI is InChI=1S/C18H14ClF3N2O2S/c1-26-13-6-2-11(3-7-13)4-9-16(25)24-17(27)23-15-8-5-12(10-14(15)19)18(20,21)22/h2-10H,1H3,(H2,23,24,25,27)/b9-4+. The van der Waals surface area contributed by atoms with E-state index >= 15 is 0 Å². The van der Waals surface area contributed by atoms with E-state index in [1.165, 1.54) is 6.08 Å². The number of ether oxygens (including phenoxy) is 1. The van der Waals surface area contributed by atoms with Crippen molar-refractivity contribution < 1.29 is 22.7 Å². The number of carbonyl (C=O) groups excluding carboxylic acids is 1. The van der Waals surface area contributed by atoms with Crippen LogP contribution in [0.25, 0.3) is 6.08 Å². The third kappa shape index (κ3) is 6.26. The molecule has 0 saturated heterocycles. The van der Waals surface area contributed by atoms with Crippen molar-refractivity contribution in [2.24, 2.45) is 0 Å². The minimum Gasteiger partial charge on any atom is -0.497 e. The monoisotopic (exact) mass is 414 g/mol. The molecule has 0 heterocycles. The van der Waals surface area contributed by atoms with Gasteiger partial charge < -0.3 is 10.1 Å². The van der Waals surface area contributed by atoms with Gasteiger partial charge in [-0.1, -0.05) is 23.7 Å². The summed E-state index contributed by atoms with van der Waals surface area (Å²) in [5.41, 5.74) is 0.0418. The Kier molecular flexibility index (Phi) is 6.81. The number of carbonyl (C=O) groups is 1. The molecule has 9 heteroatoms. The Hall–Kier alpha value is -2.58. The Morgan fingerprint density at radius 2 is 1.85 bits per heavy atom. The highest BCUT2D eigenvalue weighted by atomic mass is 35.5. The number of amides is 1. The molecule has 0 aliphatic rings. The van der Waals surface area contributed by atoms with Crippen molar-refractivity contribution in [1.29, 1.82) is 0 Å². The summed E-state index contributed by atoms with van der Waals surface area (Å²) in [5.74, 6) is 0.182. The van der Waals surface area contributed by atoms with Gasteiger partial charge in [0.25, 0.3) is 0 Å². The number of methoxy groups -OCH3 is 1. The van der Waals surface area contributed by atoms with Gasteiger partial charge in [-0.05, 0) is 54.2 Å². The van der Waals surface area contributed by atoms with Gasteiger partial charge in [-0.2, -0.15) is 13.2 Å². The first-order valence-corrected chi connectivity index (χ1v) is 8.28. The summed E-state index contributed by atoms with van der Waals surface area (Å²) in [6, 6.07) is 9.80. The first-order valence-electron chi connectivity index (χ1n) is 7.50. The van der Waals surface area contributed by atoms with Crippen LogP contribution in [-0.4, -0.2) is 18.1 Å². The number of rotatable bonds is 4. The SMILES string of the molecule is COc1ccc(/C=C/C(=O)NC(=S)Nc2ccc(C(F)(F)F)cc2Cl)cc1. The van der Waals surface area contributed by atoms with E-state index in [-0.39, 0.29) is 15.8 Å². The number of hydrogen-bond acceptors (Lipinski definition) is 3. The first kappa shape index (κ1) is 20.7. The Morgan fingerprint density at radius 1 is 1.19 bits per heavy atom. The number of halogens is 4. The van der Waals surface area contributed by atoms with Crippen LogP contribution in [0.1, 0.15) is 11.1 Å². The second-order valence-electron chi connectivity index (χ2n) is 5.24. The van der Waals surface area contributed by atoms with Gasteiger partial charge in [0.05, 0.1) is 23.4 Å². The fourth-order valence-corrected chi connectivity index (χ4v) is 2.43. The topological polar surface area (TPSA) is 50.4 Å². The Labute approximate surface area is 164 Å². The van der Waals surface area contributed by atoms with E-state index in [4.69, 9.17) is 28.6 Å². The molecule has 2 N–H and O–H groups in total. The van der Waals surface area contributed by atoms with Gasteiger partial charge in [0, 0.05) is 6.08 Å². The second kappa shape index (κ2) is 8.88. The van der Waals surface area contributed by atoms with Gasteiger partial charge in [-0.25, -0.2) is 0 Å². The summed E-state index contributed by atoms with van der Waals surface area (Å²) in [6.07, 6.45) is -1.66. The molecule has 0 bridgehead atoms. The number of hydrogen-bond donors (Lipinski definition) is 2. The predicted molar refractivity (Wildman–Crippen MR) is 103 cm³/mol. The summed E-state index contributed by atoms with van der Waals surface area (Å²) in [4.78, 5) is 11.9. The molecule has 4 nitrogen and oxygen atoms in total. The molecule has 0 unspecified atom stereocenters. The second-order valence-corrected chi connectivity index (χ2v) is 6.06. The lowest BCUT2D eigenvalue weighted by Gasteiger charge is -2.12. The van der Waals surface area contributed by atoms with Crippen LogP contribution < -0.4 is 15.4 Å². The average molecular weight is 415 g/mol. The van der Waals surface area contributed by atoms with Crippen molar-refractivity contribution in [2.75, 3.05) is 12.4 Å². The zero-order valence-corrected chi connectivity index (χ0v) is 15.5. The van der Waals surface area contributed by atoms with Crippen LogP contribution in [0.4, 0.5) is 18.9 Å². The van der Waals surface area contributed by atoms with Crippen LogP contribution in [-0.2, 0) is 11.0 Å². The highest BCUT2D eigenvalue weighted by Gasteiger charge is 2.30. The fourth-order valence-electron chi connectivity index (χ4n) is 1.99. The molecule has 0 aliphatic heterocycles. The quantitative estimate of drug-likeness (QED) is 0.552. The van der Waals surface area contributed by atoms with Gasteiger partial charge >= 0.3 is 6.18 Å². The molecule has 2 aromatic rings. The molecule has 1 amide bonds. The van der Waals surface area contributed by atoms with E-state index in [0.29, 0.717) is 5.75 Å². The third-order valence-electron chi connectivity index (χ3n) is 3.32. The Morgan fingerprint density at radius 3 is 2.41 bits per heavy atom. The Bertz CT molecular complexity index is 868. The molecule has 0 saturated carbocycles. The molecule has 27 heavy (non-hydrogen) atoms. The van der Waals surface area contributed by atoms with Crippen LogP contribution in [0.2, 0.25) is 5.02 Å². The number of anilines is 1. The van der Waals surface area contributed by atoms with E-state index < -0.39 is 17.6 Å². The zero-order chi connectivity index (χ0) is 20.0. The lowest BCUT2D eigenvalue weighted by Crippen LogP contribution is -2.32. The molecule has 2 aromatic carbocycles. The average Bonchev–Trinajstić information content (AvgIpc) is 2.61. The van der Waals surface area contributed by atoms with Crippen LogP contribution in [0.15, 0.2) is 48.5 Å². The largest absolute Gasteiger partial charge is 0.497 e. The van der Waals surface area contributed by atoms with Gasteiger partial charge in [0.2, 0.25) is 5.91 Å². The highest BCUT2D eigenvalue weighted by Crippen LogP contribution is 2.33. The maximum Gasteiger partial charge on any atom is 0.416 e. The molecular weight excluding hydrogens is 401 g/mol. The number of alkyl halides is 3. The summed E-state index contributed by atoms with van der Waals surface area (Å²) in [7, 11) is 1.55. The van der Waals surface area contributed by atoms with Gasteiger partial charge in [0.1, 0.15) is 5.75 Å². The molecule has 0 aliphatic carbocycles. The highest BCUT2D eigenvalue weighted by molar-refractivity contribution is 7.80. The fraction of sp³-hybridized carbons (Fsp3) is 0.111. The summed E-state index contributed by atoms with van der Waals surface area (Å²) < 4.78 is 42.9. The lowest BCUT2D eigenvalue weighted by molar-refractivity contribution is -0.137. The molecule has 142 valence electrons. The molecule has 0 aromatic heterocycles. The predicted octanol–water partition coefficient (Wildman–Crippen LogP) is 4.89. The summed E-state index contributed by atoms with van der Waals surface area (Å²) in [6.45, 7) is 0. The van der Waals surface area contributed by atoms with Crippen molar-refractivity contribution in [3.63, 3.8) is 0 Å². The summed E-state index contributed by atoms with van der Waals surface area (Å²) >= 11 is 10.8. The van der Waals surface area contributed by atoms with Crippen LogP contribution >= 0.6 is 23.8 Å². The van der Waals surface area contributed by atoms with Gasteiger partial charge in [0.15, 0.2) is 5.11 Å². The lowest BCUT2D eigenvalue weighted by atomic mass is 10.2. The van der Waals surface area contributed by atoms with E-state index in [1.54, 1.807) is 37.5 Å². The van der Waals surface area contributed by atoms with Crippen LogP contribution in [0.5, 0.6) is 5.75 Å². The minimum absolute atomic E-state index is 0.0963.